The van der Waals surface area contributed by atoms with Gasteiger partial charge in [0.15, 0.2) is 5.82 Å². The van der Waals surface area contributed by atoms with Crippen LogP contribution in [-0.2, 0) is 22.6 Å². The van der Waals surface area contributed by atoms with Gasteiger partial charge in [-0.05, 0) is 87.0 Å². The molecule has 2 aromatic carbocycles. The van der Waals surface area contributed by atoms with Crippen molar-refractivity contribution in [1.82, 2.24) is 14.9 Å². The Labute approximate surface area is 212 Å². The lowest BCUT2D eigenvalue weighted by molar-refractivity contribution is 0.222. The van der Waals surface area contributed by atoms with Crippen LogP contribution in [0.1, 0.15) is 36.8 Å². The Kier molecular flexibility index (Phi) is 6.95. The van der Waals surface area contributed by atoms with Gasteiger partial charge in [0.2, 0.25) is 5.95 Å². The standard InChI is InChI=1S/C26H31ClN6OS/c1-35(28,34)24-7-3-2-6-23(24)31-25-22(27)17-29-26(32-25)30-20-11-8-18-9-12-21(13-10-19(18)16-20)33-14-4-5-15-33/h2-3,6-8,11,16-17,21,28H,4-5,9-10,12-15H2,1H3,(H2,29,30,31,32). The molecule has 0 radical (unpaired) electrons. The van der Waals surface area contributed by atoms with E-state index in [4.69, 9.17) is 16.4 Å². The van der Waals surface area contributed by atoms with Crippen molar-refractivity contribution in [2.75, 3.05) is 30.0 Å². The zero-order chi connectivity index (χ0) is 24.4. The minimum absolute atomic E-state index is 0.341. The Morgan fingerprint density at radius 2 is 1.80 bits per heavy atom. The monoisotopic (exact) mass is 510 g/mol. The highest BCUT2D eigenvalue weighted by Gasteiger charge is 2.24. The summed E-state index contributed by atoms with van der Waals surface area (Å²) in [4.78, 5) is 12.0. The Hall–Kier alpha value is -2.68. The van der Waals surface area contributed by atoms with Crippen LogP contribution in [0.5, 0.6) is 0 Å². The molecular formula is C26H31ClN6OS. The molecule has 184 valence electrons. The zero-order valence-electron chi connectivity index (χ0n) is 19.9. The number of halogens is 1. The molecule has 0 amide bonds. The SMILES string of the molecule is CS(=N)(=O)c1ccccc1Nc1nc(Nc2ccc3c(c2)CCC(N2CCCC2)CC3)ncc1Cl. The van der Waals surface area contributed by atoms with Crippen molar-refractivity contribution in [3.63, 3.8) is 0 Å². The normalized spacial score (nSPS) is 20.0. The van der Waals surface area contributed by atoms with Gasteiger partial charge < -0.3 is 15.5 Å². The molecule has 3 aromatic rings. The molecule has 0 bridgehead atoms. The fourth-order valence-corrected chi connectivity index (χ4v) is 6.14. The summed E-state index contributed by atoms with van der Waals surface area (Å²) in [5.74, 6) is 0.810. The maximum absolute atomic E-state index is 12.4. The van der Waals surface area contributed by atoms with Gasteiger partial charge in [-0.3, -0.25) is 0 Å². The van der Waals surface area contributed by atoms with Gasteiger partial charge in [-0.25, -0.2) is 14.0 Å². The highest BCUT2D eigenvalue weighted by molar-refractivity contribution is 7.91. The fraction of sp³-hybridized carbons (Fsp3) is 0.385. The van der Waals surface area contributed by atoms with Crippen LogP contribution in [0.3, 0.4) is 0 Å². The number of rotatable bonds is 6. The summed E-state index contributed by atoms with van der Waals surface area (Å²) in [6.45, 7) is 2.50. The maximum Gasteiger partial charge on any atom is 0.229 e. The van der Waals surface area contributed by atoms with E-state index in [0.717, 1.165) is 18.5 Å². The summed E-state index contributed by atoms with van der Waals surface area (Å²) < 4.78 is 20.4. The number of aromatic nitrogens is 2. The van der Waals surface area contributed by atoms with Crippen molar-refractivity contribution in [3.05, 3.63) is 64.8 Å². The number of fused-ring (bicyclic) bond motifs is 1. The summed E-state index contributed by atoms with van der Waals surface area (Å²) in [6, 6.07) is 14.2. The molecule has 2 unspecified atom stereocenters. The largest absolute Gasteiger partial charge is 0.338 e. The van der Waals surface area contributed by atoms with E-state index in [0.29, 0.717) is 33.4 Å². The topological polar surface area (TPSA) is 94.0 Å². The molecule has 3 N–H and O–H groups in total. The van der Waals surface area contributed by atoms with E-state index in [9.17, 15) is 4.21 Å². The molecule has 1 saturated heterocycles. The lowest BCUT2D eigenvalue weighted by Crippen LogP contribution is -2.32. The summed E-state index contributed by atoms with van der Waals surface area (Å²) >= 11 is 6.36. The van der Waals surface area contributed by atoms with Crippen LogP contribution < -0.4 is 10.6 Å². The number of nitrogens with zero attached hydrogens (tertiary/aromatic N) is 3. The zero-order valence-corrected chi connectivity index (χ0v) is 21.5. The third kappa shape index (κ3) is 5.60. The summed E-state index contributed by atoms with van der Waals surface area (Å²) in [5, 5.41) is 6.79. The first-order valence-electron chi connectivity index (χ1n) is 12.1. The Morgan fingerprint density at radius 1 is 1.06 bits per heavy atom. The molecule has 2 atom stereocenters. The average molecular weight is 511 g/mol. The van der Waals surface area contributed by atoms with Crippen molar-refractivity contribution >= 4 is 44.5 Å². The van der Waals surface area contributed by atoms with E-state index in [2.05, 4.69) is 43.7 Å². The summed E-state index contributed by atoms with van der Waals surface area (Å²) in [5.41, 5.74) is 4.32. The lowest BCUT2D eigenvalue weighted by Gasteiger charge is -2.25. The lowest BCUT2D eigenvalue weighted by atomic mass is 10.0. The van der Waals surface area contributed by atoms with Crippen LogP contribution in [0.25, 0.3) is 0 Å². The second kappa shape index (κ2) is 10.1. The van der Waals surface area contributed by atoms with Crippen molar-refractivity contribution in [1.29, 1.82) is 4.78 Å². The van der Waals surface area contributed by atoms with Crippen LogP contribution >= 0.6 is 11.6 Å². The molecule has 35 heavy (non-hydrogen) atoms. The highest BCUT2D eigenvalue weighted by Crippen LogP contribution is 2.31. The molecule has 0 spiro atoms. The first-order chi connectivity index (χ1) is 16.9. The number of likely N-dealkylation sites (tertiary alicyclic amines) is 1. The predicted molar refractivity (Wildman–Crippen MR) is 143 cm³/mol. The Morgan fingerprint density at radius 3 is 2.57 bits per heavy atom. The van der Waals surface area contributed by atoms with E-state index in [-0.39, 0.29) is 0 Å². The second-order valence-corrected chi connectivity index (χ2v) is 12.0. The number of nitrogens with one attached hydrogen (secondary N) is 3. The molecule has 1 fully saturated rings. The maximum atomic E-state index is 12.4. The van der Waals surface area contributed by atoms with Crippen LogP contribution in [0, 0.1) is 4.78 Å². The number of para-hydroxylation sites is 1. The van der Waals surface area contributed by atoms with E-state index >= 15 is 0 Å². The molecule has 9 heteroatoms. The quantitative estimate of drug-likeness (QED) is 0.352. The molecule has 2 heterocycles. The van der Waals surface area contributed by atoms with Crippen molar-refractivity contribution < 1.29 is 4.21 Å². The van der Waals surface area contributed by atoms with Crippen molar-refractivity contribution in [3.8, 4) is 0 Å². The molecule has 7 nitrogen and oxygen atoms in total. The van der Waals surface area contributed by atoms with Gasteiger partial charge in [0.25, 0.3) is 0 Å². The Bertz CT molecular complexity index is 1320. The number of aryl methyl sites for hydroxylation is 2. The van der Waals surface area contributed by atoms with Crippen LogP contribution in [-0.4, -0.2) is 44.5 Å². The van der Waals surface area contributed by atoms with E-state index in [1.54, 1.807) is 18.2 Å². The smallest absolute Gasteiger partial charge is 0.229 e. The van der Waals surface area contributed by atoms with E-state index in [1.165, 1.54) is 62.4 Å². The summed E-state index contributed by atoms with van der Waals surface area (Å²) in [7, 11) is -2.91. The third-order valence-electron chi connectivity index (χ3n) is 6.92. The number of hydrogen-bond donors (Lipinski definition) is 3. The molecule has 1 aromatic heterocycles. The minimum atomic E-state index is -2.91. The van der Waals surface area contributed by atoms with Crippen LogP contribution in [0.2, 0.25) is 5.02 Å². The average Bonchev–Trinajstić information content (AvgIpc) is 3.28. The van der Waals surface area contributed by atoms with Gasteiger partial charge in [-0.2, -0.15) is 4.98 Å². The molecule has 0 saturated carbocycles. The number of benzene rings is 2. The van der Waals surface area contributed by atoms with E-state index in [1.807, 2.05) is 6.07 Å². The number of hydrogen-bond acceptors (Lipinski definition) is 7. The fourth-order valence-electron chi connectivity index (χ4n) is 5.12. The van der Waals surface area contributed by atoms with Crippen molar-refractivity contribution in [2.24, 2.45) is 0 Å². The van der Waals surface area contributed by atoms with Gasteiger partial charge >= 0.3 is 0 Å². The first-order valence-corrected chi connectivity index (χ1v) is 14.5. The molecule has 2 aliphatic rings. The van der Waals surface area contributed by atoms with Crippen LogP contribution in [0.4, 0.5) is 23.1 Å². The molecular weight excluding hydrogens is 480 g/mol. The molecule has 1 aliphatic heterocycles. The Balaban J connectivity index is 1.33. The van der Waals surface area contributed by atoms with Crippen molar-refractivity contribution in [2.45, 2.75) is 49.5 Å². The minimum Gasteiger partial charge on any atom is -0.338 e. The number of anilines is 4. The van der Waals surface area contributed by atoms with Gasteiger partial charge in [-0.1, -0.05) is 29.8 Å². The summed E-state index contributed by atoms with van der Waals surface area (Å²) in [6.07, 6.45) is 10.3. The van der Waals surface area contributed by atoms with Crippen LogP contribution in [0.15, 0.2) is 53.6 Å². The first kappa shape index (κ1) is 24.0. The molecule has 5 rings (SSSR count). The molecule has 1 aliphatic carbocycles. The van der Waals surface area contributed by atoms with Gasteiger partial charge in [0.1, 0.15) is 5.02 Å². The van der Waals surface area contributed by atoms with Gasteiger partial charge in [-0.15, -0.1) is 0 Å². The highest BCUT2D eigenvalue weighted by atomic mass is 35.5. The second-order valence-electron chi connectivity index (χ2n) is 9.44. The van der Waals surface area contributed by atoms with E-state index < -0.39 is 9.73 Å². The third-order valence-corrected chi connectivity index (χ3v) is 8.39. The predicted octanol–water partition coefficient (Wildman–Crippen LogP) is 6.00. The van der Waals surface area contributed by atoms with Gasteiger partial charge in [0.05, 0.1) is 26.5 Å². The van der Waals surface area contributed by atoms with Gasteiger partial charge in [0, 0.05) is 18.0 Å².